The number of carbonyl (C=O) groups is 1. The van der Waals surface area contributed by atoms with Crippen LogP contribution in [0, 0.1) is 5.82 Å². The average molecular weight is 386 g/mol. The van der Waals surface area contributed by atoms with Crippen molar-refractivity contribution in [3.05, 3.63) is 54.2 Å². The molecule has 3 heterocycles. The van der Waals surface area contributed by atoms with Crippen LogP contribution in [-0.4, -0.2) is 43.6 Å². The molecule has 1 fully saturated rings. The molecule has 27 heavy (non-hydrogen) atoms. The van der Waals surface area contributed by atoms with E-state index in [1.807, 2.05) is 4.68 Å². The van der Waals surface area contributed by atoms with E-state index in [2.05, 4.69) is 16.5 Å². The van der Waals surface area contributed by atoms with Gasteiger partial charge in [-0.2, -0.15) is 5.10 Å². The van der Waals surface area contributed by atoms with Crippen LogP contribution in [0.15, 0.2) is 43.4 Å². The summed E-state index contributed by atoms with van der Waals surface area (Å²) in [6.07, 6.45) is 6.24. The number of likely N-dealkylation sites (tertiary alicyclic amines) is 1. The maximum Gasteiger partial charge on any atom is 0.246 e. The molecule has 0 aliphatic carbocycles. The number of rotatable bonds is 3. The summed E-state index contributed by atoms with van der Waals surface area (Å²) in [5.74, 6) is -0.567. The van der Waals surface area contributed by atoms with Crippen LogP contribution in [-0.2, 0) is 4.79 Å². The standard InChI is InChI=1S/C19H17ClFN5O/c1-2-17(27)25-7-3-4-13(10-25)26-19-14(9-22-11-23-19)18(24-26)12-5-6-16(21)15(20)8-12/h2,5-6,8-9,11,13H,1,3-4,7,10H2/t13-/m1/s1. The molecule has 1 aliphatic heterocycles. The quantitative estimate of drug-likeness (QED) is 0.646. The van der Waals surface area contributed by atoms with Gasteiger partial charge in [0.1, 0.15) is 17.8 Å². The highest BCUT2D eigenvalue weighted by atomic mass is 35.5. The summed E-state index contributed by atoms with van der Waals surface area (Å²) in [6, 6.07) is 4.49. The van der Waals surface area contributed by atoms with Crippen molar-refractivity contribution in [1.82, 2.24) is 24.6 Å². The van der Waals surface area contributed by atoms with Gasteiger partial charge in [0, 0.05) is 24.8 Å². The van der Waals surface area contributed by atoms with Crippen LogP contribution < -0.4 is 0 Å². The molecule has 1 aliphatic rings. The molecule has 1 aromatic carbocycles. The van der Waals surface area contributed by atoms with Crippen LogP contribution in [0.1, 0.15) is 18.9 Å². The molecule has 8 heteroatoms. The van der Waals surface area contributed by atoms with Crippen molar-refractivity contribution in [3.8, 4) is 11.3 Å². The van der Waals surface area contributed by atoms with E-state index in [1.54, 1.807) is 23.2 Å². The second-order valence-corrected chi connectivity index (χ2v) is 6.87. The molecular weight excluding hydrogens is 369 g/mol. The summed E-state index contributed by atoms with van der Waals surface area (Å²) < 4.78 is 15.4. The van der Waals surface area contributed by atoms with Gasteiger partial charge in [-0.3, -0.25) is 4.79 Å². The highest BCUT2D eigenvalue weighted by Crippen LogP contribution is 2.32. The lowest BCUT2D eigenvalue weighted by Crippen LogP contribution is -2.40. The minimum atomic E-state index is -0.480. The van der Waals surface area contributed by atoms with Crippen LogP contribution in [0.5, 0.6) is 0 Å². The molecule has 0 radical (unpaired) electrons. The van der Waals surface area contributed by atoms with Crippen LogP contribution in [0.2, 0.25) is 5.02 Å². The topological polar surface area (TPSA) is 63.9 Å². The lowest BCUT2D eigenvalue weighted by Gasteiger charge is -2.32. The second kappa shape index (κ2) is 7.08. The average Bonchev–Trinajstić information content (AvgIpc) is 3.09. The van der Waals surface area contributed by atoms with E-state index in [4.69, 9.17) is 16.7 Å². The van der Waals surface area contributed by atoms with E-state index < -0.39 is 5.82 Å². The Morgan fingerprint density at radius 2 is 2.26 bits per heavy atom. The summed E-state index contributed by atoms with van der Waals surface area (Å²) >= 11 is 5.95. The number of benzene rings is 1. The molecule has 1 amide bonds. The molecule has 3 aromatic rings. The van der Waals surface area contributed by atoms with Crippen LogP contribution >= 0.6 is 11.6 Å². The molecule has 0 bridgehead atoms. The molecule has 2 aromatic heterocycles. The van der Waals surface area contributed by atoms with Gasteiger partial charge < -0.3 is 4.90 Å². The molecule has 1 saturated heterocycles. The van der Waals surface area contributed by atoms with Crippen LogP contribution in [0.3, 0.4) is 0 Å². The van der Waals surface area contributed by atoms with E-state index in [9.17, 15) is 9.18 Å². The molecular formula is C19H17ClFN5O. The highest BCUT2D eigenvalue weighted by molar-refractivity contribution is 6.31. The fourth-order valence-corrected chi connectivity index (χ4v) is 3.66. The molecule has 6 nitrogen and oxygen atoms in total. The first-order valence-electron chi connectivity index (χ1n) is 8.63. The Morgan fingerprint density at radius 3 is 3.04 bits per heavy atom. The maximum absolute atomic E-state index is 13.5. The number of nitrogens with zero attached hydrogens (tertiary/aromatic N) is 5. The Balaban J connectivity index is 1.79. The Hall–Kier alpha value is -2.80. The predicted molar refractivity (Wildman–Crippen MR) is 101 cm³/mol. The van der Waals surface area contributed by atoms with Crippen molar-refractivity contribution in [2.75, 3.05) is 13.1 Å². The minimum Gasteiger partial charge on any atom is -0.337 e. The normalized spacial score (nSPS) is 17.3. The molecule has 0 unspecified atom stereocenters. The van der Waals surface area contributed by atoms with Crippen molar-refractivity contribution in [3.63, 3.8) is 0 Å². The first-order chi connectivity index (χ1) is 13.1. The molecule has 0 N–H and O–H groups in total. The van der Waals surface area contributed by atoms with Gasteiger partial charge in [-0.15, -0.1) is 0 Å². The number of halogens is 2. The van der Waals surface area contributed by atoms with Gasteiger partial charge in [-0.1, -0.05) is 18.2 Å². The number of amides is 1. The summed E-state index contributed by atoms with van der Waals surface area (Å²) in [6.45, 7) is 4.81. The first-order valence-corrected chi connectivity index (χ1v) is 9.01. The number of carbonyl (C=O) groups excluding carboxylic acids is 1. The fourth-order valence-electron chi connectivity index (χ4n) is 3.48. The zero-order valence-corrected chi connectivity index (χ0v) is 15.2. The number of hydrogen-bond acceptors (Lipinski definition) is 4. The third kappa shape index (κ3) is 3.19. The first kappa shape index (κ1) is 17.6. The summed E-state index contributed by atoms with van der Waals surface area (Å²) in [4.78, 5) is 22.3. The largest absolute Gasteiger partial charge is 0.337 e. The monoisotopic (exact) mass is 385 g/mol. The van der Waals surface area contributed by atoms with Crippen LogP contribution in [0.25, 0.3) is 22.3 Å². The third-order valence-electron chi connectivity index (χ3n) is 4.79. The number of hydrogen-bond donors (Lipinski definition) is 0. The predicted octanol–water partition coefficient (Wildman–Crippen LogP) is 3.64. The Labute approximate surface area is 160 Å². The molecule has 1 atom stereocenters. The Morgan fingerprint density at radius 1 is 1.41 bits per heavy atom. The van der Waals surface area contributed by atoms with Gasteiger partial charge in [0.2, 0.25) is 5.91 Å². The van der Waals surface area contributed by atoms with Gasteiger partial charge in [0.15, 0.2) is 5.65 Å². The van der Waals surface area contributed by atoms with Crippen molar-refractivity contribution in [1.29, 1.82) is 0 Å². The minimum absolute atomic E-state index is 0.00952. The van der Waals surface area contributed by atoms with E-state index in [-0.39, 0.29) is 17.0 Å². The van der Waals surface area contributed by atoms with E-state index >= 15 is 0 Å². The van der Waals surface area contributed by atoms with Crippen LogP contribution in [0.4, 0.5) is 4.39 Å². The smallest absolute Gasteiger partial charge is 0.246 e. The van der Waals surface area contributed by atoms with E-state index in [0.29, 0.717) is 30.0 Å². The lowest BCUT2D eigenvalue weighted by molar-refractivity contribution is -0.127. The summed E-state index contributed by atoms with van der Waals surface area (Å²) in [5.41, 5.74) is 2.01. The molecule has 4 rings (SSSR count). The molecule has 0 spiro atoms. The maximum atomic E-state index is 13.5. The lowest BCUT2D eigenvalue weighted by atomic mass is 10.1. The van der Waals surface area contributed by atoms with Crippen molar-refractivity contribution >= 4 is 28.5 Å². The fraction of sp³-hybridized carbons (Fsp3) is 0.263. The summed E-state index contributed by atoms with van der Waals surface area (Å²) in [7, 11) is 0. The SMILES string of the molecule is C=CC(=O)N1CCC[C@@H](n2nc(-c3ccc(F)c(Cl)c3)c3cncnc32)C1. The van der Waals surface area contributed by atoms with E-state index in [0.717, 1.165) is 18.2 Å². The zero-order valence-electron chi connectivity index (χ0n) is 14.5. The van der Waals surface area contributed by atoms with Gasteiger partial charge in [-0.05, 0) is 37.1 Å². The second-order valence-electron chi connectivity index (χ2n) is 6.47. The van der Waals surface area contributed by atoms with Gasteiger partial charge in [0.25, 0.3) is 0 Å². The zero-order chi connectivity index (χ0) is 19.0. The number of aromatic nitrogens is 4. The van der Waals surface area contributed by atoms with E-state index in [1.165, 1.54) is 18.5 Å². The Kier molecular flexibility index (Phi) is 4.61. The van der Waals surface area contributed by atoms with Gasteiger partial charge >= 0.3 is 0 Å². The van der Waals surface area contributed by atoms with Crippen molar-refractivity contribution in [2.24, 2.45) is 0 Å². The van der Waals surface area contributed by atoms with Crippen molar-refractivity contribution in [2.45, 2.75) is 18.9 Å². The van der Waals surface area contributed by atoms with Gasteiger partial charge in [0.05, 0.1) is 16.5 Å². The van der Waals surface area contributed by atoms with Crippen molar-refractivity contribution < 1.29 is 9.18 Å². The molecule has 138 valence electrons. The molecule has 0 saturated carbocycles. The Bertz CT molecular complexity index is 1030. The van der Waals surface area contributed by atoms with Gasteiger partial charge in [-0.25, -0.2) is 19.0 Å². The third-order valence-corrected chi connectivity index (χ3v) is 5.08. The number of fused-ring (bicyclic) bond motifs is 1. The highest BCUT2D eigenvalue weighted by Gasteiger charge is 2.27. The number of piperidine rings is 1. The summed E-state index contributed by atoms with van der Waals surface area (Å²) in [5, 5.41) is 5.53.